The van der Waals surface area contributed by atoms with Crippen LogP contribution in [0.4, 0.5) is 13.2 Å². The number of rotatable bonds is 4. The predicted octanol–water partition coefficient (Wildman–Crippen LogP) is 2.33. The van der Waals surface area contributed by atoms with Crippen LogP contribution < -0.4 is 9.88 Å². The SMILES string of the molecule is NS(=O)(=O)c1ccc(OCc2ccccc2F)c(F)c1F. The zero-order valence-electron chi connectivity index (χ0n) is 10.5. The lowest BCUT2D eigenvalue weighted by Gasteiger charge is -2.10. The van der Waals surface area contributed by atoms with Crippen molar-refractivity contribution >= 4 is 10.0 Å². The number of hydrogen-bond donors (Lipinski definition) is 1. The Balaban J connectivity index is 2.27. The topological polar surface area (TPSA) is 69.4 Å². The molecule has 2 aromatic carbocycles. The van der Waals surface area contributed by atoms with Gasteiger partial charge in [-0.3, -0.25) is 0 Å². The Morgan fingerprint density at radius 2 is 1.67 bits per heavy atom. The molecule has 112 valence electrons. The van der Waals surface area contributed by atoms with Crippen LogP contribution in [-0.4, -0.2) is 8.42 Å². The monoisotopic (exact) mass is 317 g/mol. The third-order valence-corrected chi connectivity index (χ3v) is 3.59. The average molecular weight is 317 g/mol. The maximum atomic E-state index is 13.7. The van der Waals surface area contributed by atoms with Crippen molar-refractivity contribution in [2.24, 2.45) is 5.14 Å². The van der Waals surface area contributed by atoms with E-state index >= 15 is 0 Å². The van der Waals surface area contributed by atoms with Crippen molar-refractivity contribution in [3.63, 3.8) is 0 Å². The second-order valence-electron chi connectivity index (χ2n) is 4.11. The summed E-state index contributed by atoms with van der Waals surface area (Å²) in [5, 5.41) is 4.74. The number of sulfonamides is 1. The molecule has 0 aromatic heterocycles. The van der Waals surface area contributed by atoms with Crippen LogP contribution in [0.1, 0.15) is 5.56 Å². The molecule has 0 fully saturated rings. The summed E-state index contributed by atoms with van der Waals surface area (Å²) in [6, 6.07) is 7.34. The Morgan fingerprint density at radius 3 is 2.29 bits per heavy atom. The van der Waals surface area contributed by atoms with Gasteiger partial charge in [-0.25, -0.2) is 22.3 Å². The number of halogens is 3. The van der Waals surface area contributed by atoms with Crippen molar-refractivity contribution in [1.29, 1.82) is 0 Å². The van der Waals surface area contributed by atoms with Gasteiger partial charge < -0.3 is 4.74 Å². The lowest BCUT2D eigenvalue weighted by Crippen LogP contribution is -2.15. The summed E-state index contributed by atoms with van der Waals surface area (Å²) in [6.45, 7) is -0.336. The Hall–Kier alpha value is -2.06. The van der Waals surface area contributed by atoms with Gasteiger partial charge >= 0.3 is 0 Å². The van der Waals surface area contributed by atoms with Crippen LogP contribution in [0, 0.1) is 17.5 Å². The van der Waals surface area contributed by atoms with Crippen molar-refractivity contribution in [3.8, 4) is 5.75 Å². The molecule has 0 saturated heterocycles. The molecule has 0 unspecified atom stereocenters. The maximum Gasteiger partial charge on any atom is 0.241 e. The van der Waals surface area contributed by atoms with Crippen LogP contribution in [0.15, 0.2) is 41.3 Å². The highest BCUT2D eigenvalue weighted by molar-refractivity contribution is 7.89. The second kappa shape index (κ2) is 5.74. The van der Waals surface area contributed by atoms with Crippen molar-refractivity contribution in [3.05, 3.63) is 59.4 Å². The smallest absolute Gasteiger partial charge is 0.241 e. The van der Waals surface area contributed by atoms with Crippen molar-refractivity contribution in [2.75, 3.05) is 0 Å². The van der Waals surface area contributed by atoms with Gasteiger partial charge in [0.1, 0.15) is 17.3 Å². The van der Waals surface area contributed by atoms with E-state index in [4.69, 9.17) is 9.88 Å². The molecule has 0 atom stereocenters. The molecule has 2 rings (SSSR count). The molecule has 0 amide bonds. The largest absolute Gasteiger partial charge is 0.486 e. The fourth-order valence-corrected chi connectivity index (χ4v) is 2.21. The summed E-state index contributed by atoms with van der Waals surface area (Å²) >= 11 is 0. The molecule has 0 heterocycles. The van der Waals surface area contributed by atoms with Crippen LogP contribution in [0.3, 0.4) is 0 Å². The summed E-state index contributed by atoms with van der Waals surface area (Å²) in [5.74, 6) is -4.23. The van der Waals surface area contributed by atoms with E-state index in [2.05, 4.69) is 0 Å². The molecular formula is C13H10F3NO3S. The summed E-state index contributed by atoms with van der Waals surface area (Å²) in [6.07, 6.45) is 0. The first-order valence-corrected chi connectivity index (χ1v) is 7.22. The first kappa shape index (κ1) is 15.3. The Kier molecular flexibility index (Phi) is 4.19. The van der Waals surface area contributed by atoms with E-state index in [-0.39, 0.29) is 12.2 Å². The average Bonchev–Trinajstić information content (AvgIpc) is 2.40. The molecule has 0 radical (unpaired) electrons. The normalized spacial score (nSPS) is 11.4. The van der Waals surface area contributed by atoms with Gasteiger partial charge in [0.15, 0.2) is 11.6 Å². The van der Waals surface area contributed by atoms with Crippen molar-refractivity contribution < 1.29 is 26.3 Å². The molecule has 8 heteroatoms. The summed E-state index contributed by atoms with van der Waals surface area (Å²) in [5.41, 5.74) is 0.146. The van der Waals surface area contributed by atoms with E-state index in [0.717, 1.165) is 12.1 Å². The van der Waals surface area contributed by atoms with E-state index in [9.17, 15) is 21.6 Å². The van der Waals surface area contributed by atoms with Gasteiger partial charge in [-0.2, -0.15) is 4.39 Å². The Bertz CT molecular complexity index is 778. The predicted molar refractivity (Wildman–Crippen MR) is 68.5 cm³/mol. The molecule has 0 aliphatic carbocycles. The highest BCUT2D eigenvalue weighted by Crippen LogP contribution is 2.25. The third kappa shape index (κ3) is 3.34. The molecule has 21 heavy (non-hydrogen) atoms. The van der Waals surface area contributed by atoms with E-state index in [1.165, 1.54) is 18.2 Å². The minimum Gasteiger partial charge on any atom is -0.486 e. The molecule has 0 aliphatic rings. The molecule has 0 saturated carbocycles. The van der Waals surface area contributed by atoms with Gasteiger partial charge in [-0.05, 0) is 18.2 Å². The van der Waals surface area contributed by atoms with Crippen LogP contribution in [0.5, 0.6) is 5.75 Å². The van der Waals surface area contributed by atoms with Crippen LogP contribution in [0.25, 0.3) is 0 Å². The quantitative estimate of drug-likeness (QED) is 0.941. The number of hydrogen-bond acceptors (Lipinski definition) is 3. The van der Waals surface area contributed by atoms with Gasteiger partial charge in [0, 0.05) is 5.56 Å². The Morgan fingerprint density at radius 1 is 1.00 bits per heavy atom. The number of ether oxygens (including phenoxy) is 1. The van der Waals surface area contributed by atoms with Crippen molar-refractivity contribution in [1.82, 2.24) is 0 Å². The zero-order valence-corrected chi connectivity index (χ0v) is 11.3. The molecule has 0 aliphatic heterocycles. The van der Waals surface area contributed by atoms with Gasteiger partial charge in [0.05, 0.1) is 0 Å². The first-order valence-electron chi connectivity index (χ1n) is 5.67. The maximum absolute atomic E-state index is 13.7. The molecule has 4 nitrogen and oxygen atoms in total. The molecule has 2 aromatic rings. The minimum absolute atomic E-state index is 0.146. The van der Waals surface area contributed by atoms with E-state index in [1.807, 2.05) is 0 Å². The fourth-order valence-electron chi connectivity index (χ4n) is 1.62. The summed E-state index contributed by atoms with van der Waals surface area (Å²) < 4.78 is 67.6. The summed E-state index contributed by atoms with van der Waals surface area (Å²) in [7, 11) is -4.38. The van der Waals surface area contributed by atoms with Crippen LogP contribution >= 0.6 is 0 Å². The third-order valence-electron chi connectivity index (χ3n) is 2.66. The molecule has 0 spiro atoms. The second-order valence-corrected chi connectivity index (χ2v) is 5.64. The number of primary sulfonamides is 1. The minimum atomic E-state index is -4.38. The highest BCUT2D eigenvalue weighted by Gasteiger charge is 2.21. The number of benzene rings is 2. The van der Waals surface area contributed by atoms with Gasteiger partial charge in [-0.15, -0.1) is 0 Å². The van der Waals surface area contributed by atoms with Crippen LogP contribution in [0.2, 0.25) is 0 Å². The molecule has 2 N–H and O–H groups in total. The fraction of sp³-hybridized carbons (Fsp3) is 0.0769. The number of nitrogens with two attached hydrogens (primary N) is 1. The van der Waals surface area contributed by atoms with Gasteiger partial charge in [0.2, 0.25) is 15.8 Å². The van der Waals surface area contributed by atoms with Gasteiger partial charge in [0.25, 0.3) is 0 Å². The van der Waals surface area contributed by atoms with E-state index < -0.39 is 38.1 Å². The standard InChI is InChI=1S/C13H10F3NO3S/c14-9-4-2-1-3-8(9)7-20-10-5-6-11(21(17,18)19)13(16)12(10)15/h1-6H,7H2,(H2,17,18,19). The molecular weight excluding hydrogens is 307 g/mol. The van der Waals surface area contributed by atoms with Gasteiger partial charge in [-0.1, -0.05) is 18.2 Å². The van der Waals surface area contributed by atoms with E-state index in [0.29, 0.717) is 0 Å². The highest BCUT2D eigenvalue weighted by atomic mass is 32.2. The first-order chi connectivity index (χ1) is 9.80. The van der Waals surface area contributed by atoms with Crippen LogP contribution in [-0.2, 0) is 16.6 Å². The van der Waals surface area contributed by atoms with E-state index in [1.54, 1.807) is 6.07 Å². The Labute approximate surface area is 119 Å². The lowest BCUT2D eigenvalue weighted by atomic mass is 10.2. The lowest BCUT2D eigenvalue weighted by molar-refractivity contribution is 0.278. The van der Waals surface area contributed by atoms with Crippen molar-refractivity contribution in [2.45, 2.75) is 11.5 Å². The summed E-state index contributed by atoms with van der Waals surface area (Å²) in [4.78, 5) is -0.974. The zero-order chi connectivity index (χ0) is 15.6. The molecule has 0 bridgehead atoms.